The largest absolute Gasteiger partial charge is 0.350 e. The van der Waals surface area contributed by atoms with E-state index in [0.717, 1.165) is 43.2 Å². The SMILES string of the molecule is C=C1CC2CNCCN2c2nc(SCC)nc3c(F)c(Cl)nc1c23. The minimum absolute atomic E-state index is 0.159. The van der Waals surface area contributed by atoms with Gasteiger partial charge in [0.1, 0.15) is 11.3 Å². The predicted molar refractivity (Wildman–Crippen MR) is 96.4 cm³/mol. The van der Waals surface area contributed by atoms with Gasteiger partial charge in [0.15, 0.2) is 16.1 Å². The minimum Gasteiger partial charge on any atom is -0.350 e. The van der Waals surface area contributed by atoms with Crippen LogP contribution in [0.1, 0.15) is 19.0 Å². The molecule has 2 aromatic rings. The Morgan fingerprint density at radius 1 is 1.42 bits per heavy atom. The maximum absolute atomic E-state index is 14.7. The van der Waals surface area contributed by atoms with Crippen LogP contribution in [0.5, 0.6) is 0 Å². The van der Waals surface area contributed by atoms with E-state index in [1.165, 1.54) is 11.8 Å². The Balaban J connectivity index is 2.06. The van der Waals surface area contributed by atoms with Crippen molar-refractivity contribution in [2.75, 3.05) is 30.3 Å². The average molecular weight is 366 g/mol. The highest BCUT2D eigenvalue weighted by atomic mass is 35.5. The molecule has 1 atom stereocenters. The molecule has 126 valence electrons. The van der Waals surface area contributed by atoms with Gasteiger partial charge in [-0.15, -0.1) is 0 Å². The fourth-order valence-corrected chi connectivity index (χ4v) is 4.11. The molecule has 2 aliphatic rings. The summed E-state index contributed by atoms with van der Waals surface area (Å²) in [5.41, 5.74) is 1.71. The predicted octanol–water partition coefficient (Wildman–Crippen LogP) is 3.12. The van der Waals surface area contributed by atoms with E-state index in [0.29, 0.717) is 16.2 Å². The summed E-state index contributed by atoms with van der Waals surface area (Å²) >= 11 is 7.52. The van der Waals surface area contributed by atoms with Crippen molar-refractivity contribution in [3.8, 4) is 0 Å². The second-order valence-electron chi connectivity index (χ2n) is 5.91. The molecule has 5 nitrogen and oxygen atoms in total. The Kier molecular flexibility index (Phi) is 4.10. The smallest absolute Gasteiger partial charge is 0.190 e. The van der Waals surface area contributed by atoms with Gasteiger partial charge in [0, 0.05) is 25.7 Å². The molecule has 1 saturated heterocycles. The van der Waals surface area contributed by atoms with Gasteiger partial charge in [-0.2, -0.15) is 0 Å². The quantitative estimate of drug-likeness (QED) is 0.501. The summed E-state index contributed by atoms with van der Waals surface area (Å²) in [5, 5.41) is 4.44. The number of halogens is 2. The summed E-state index contributed by atoms with van der Waals surface area (Å²) in [6.45, 7) is 8.69. The lowest BCUT2D eigenvalue weighted by Crippen LogP contribution is -2.51. The fourth-order valence-electron chi connectivity index (χ4n) is 3.37. The van der Waals surface area contributed by atoms with Gasteiger partial charge < -0.3 is 10.2 Å². The highest BCUT2D eigenvalue weighted by Gasteiger charge is 2.33. The first-order valence-corrected chi connectivity index (χ1v) is 9.31. The maximum Gasteiger partial charge on any atom is 0.190 e. The monoisotopic (exact) mass is 365 g/mol. The molecule has 2 aliphatic heterocycles. The van der Waals surface area contributed by atoms with Crippen LogP contribution in [0.2, 0.25) is 5.15 Å². The molecule has 0 aromatic carbocycles. The van der Waals surface area contributed by atoms with Crippen LogP contribution in [0.3, 0.4) is 0 Å². The van der Waals surface area contributed by atoms with Gasteiger partial charge in [-0.3, -0.25) is 0 Å². The number of rotatable bonds is 2. The third-order valence-corrected chi connectivity index (χ3v) is 5.40. The molecule has 0 aliphatic carbocycles. The molecule has 1 unspecified atom stereocenters. The van der Waals surface area contributed by atoms with E-state index < -0.39 is 5.82 Å². The zero-order valence-corrected chi connectivity index (χ0v) is 14.8. The van der Waals surface area contributed by atoms with Crippen molar-refractivity contribution < 1.29 is 4.39 Å². The van der Waals surface area contributed by atoms with Gasteiger partial charge in [-0.05, 0) is 17.7 Å². The van der Waals surface area contributed by atoms with Crippen molar-refractivity contribution in [2.24, 2.45) is 0 Å². The maximum atomic E-state index is 14.7. The number of hydrogen-bond donors (Lipinski definition) is 1. The van der Waals surface area contributed by atoms with Crippen molar-refractivity contribution in [1.82, 2.24) is 20.3 Å². The van der Waals surface area contributed by atoms with E-state index in [2.05, 4.69) is 26.8 Å². The number of pyridine rings is 1. The Bertz CT molecular complexity index is 843. The van der Waals surface area contributed by atoms with E-state index in [-0.39, 0.29) is 16.7 Å². The van der Waals surface area contributed by atoms with Gasteiger partial charge in [-0.1, -0.05) is 36.9 Å². The number of hydrogen-bond acceptors (Lipinski definition) is 6. The van der Waals surface area contributed by atoms with Gasteiger partial charge in [0.25, 0.3) is 0 Å². The Morgan fingerprint density at radius 2 is 2.25 bits per heavy atom. The summed E-state index contributed by atoms with van der Waals surface area (Å²) in [4.78, 5) is 15.6. The first-order valence-electron chi connectivity index (χ1n) is 7.95. The van der Waals surface area contributed by atoms with Crippen LogP contribution in [0.4, 0.5) is 10.2 Å². The second kappa shape index (κ2) is 6.13. The number of nitrogens with zero attached hydrogens (tertiary/aromatic N) is 4. The molecule has 0 radical (unpaired) electrons. The lowest BCUT2D eigenvalue weighted by Gasteiger charge is -2.36. The zero-order valence-electron chi connectivity index (χ0n) is 13.3. The summed E-state index contributed by atoms with van der Waals surface area (Å²) in [5.74, 6) is 0.980. The van der Waals surface area contributed by atoms with Crippen molar-refractivity contribution in [1.29, 1.82) is 0 Å². The molecule has 0 amide bonds. The van der Waals surface area contributed by atoms with Crippen LogP contribution in [-0.2, 0) is 0 Å². The van der Waals surface area contributed by atoms with E-state index >= 15 is 0 Å². The van der Waals surface area contributed by atoms with Gasteiger partial charge in [-0.25, -0.2) is 19.3 Å². The van der Waals surface area contributed by atoms with Crippen LogP contribution in [0, 0.1) is 5.82 Å². The second-order valence-corrected chi connectivity index (χ2v) is 7.50. The van der Waals surface area contributed by atoms with Crippen molar-refractivity contribution in [3.05, 3.63) is 23.2 Å². The van der Waals surface area contributed by atoms with Gasteiger partial charge >= 0.3 is 0 Å². The van der Waals surface area contributed by atoms with Gasteiger partial charge in [0.2, 0.25) is 0 Å². The van der Waals surface area contributed by atoms with Gasteiger partial charge in [0.05, 0.1) is 11.1 Å². The third kappa shape index (κ3) is 2.46. The molecule has 1 fully saturated rings. The third-order valence-electron chi connectivity index (χ3n) is 4.42. The molecule has 1 N–H and O–H groups in total. The Morgan fingerprint density at radius 3 is 3.04 bits per heavy atom. The van der Waals surface area contributed by atoms with Crippen LogP contribution >= 0.6 is 23.4 Å². The molecule has 2 aromatic heterocycles. The van der Waals surface area contributed by atoms with Crippen LogP contribution in [-0.4, -0.2) is 46.4 Å². The van der Waals surface area contributed by atoms with E-state index in [9.17, 15) is 4.39 Å². The molecule has 4 heterocycles. The minimum atomic E-state index is -0.585. The highest BCUT2D eigenvalue weighted by Crippen LogP contribution is 2.40. The standard InChI is InChI=1S/C16H17ClFN5S/c1-3-24-16-21-13-10-12(20-14(17)11(13)18)8(2)6-9-7-19-4-5-23(9)15(10)22-16/h9,19H,2-7H2,1H3. The molecule has 24 heavy (non-hydrogen) atoms. The average Bonchev–Trinajstić information content (AvgIpc) is 2.69. The number of piperazine rings is 1. The fraction of sp³-hybridized carbons (Fsp3) is 0.438. The van der Waals surface area contributed by atoms with Crippen molar-refractivity contribution in [3.63, 3.8) is 0 Å². The first kappa shape index (κ1) is 16.1. The summed E-state index contributed by atoms with van der Waals surface area (Å²) < 4.78 is 14.7. The normalized spacial score (nSPS) is 20.2. The van der Waals surface area contributed by atoms with Crippen LogP contribution < -0.4 is 10.2 Å². The number of nitrogens with one attached hydrogen (secondary N) is 1. The van der Waals surface area contributed by atoms with E-state index in [4.69, 9.17) is 16.6 Å². The number of aromatic nitrogens is 3. The zero-order chi connectivity index (χ0) is 16.8. The first-order chi connectivity index (χ1) is 11.6. The number of thioether (sulfide) groups is 1. The Labute approximate surface area is 148 Å². The molecule has 0 saturated carbocycles. The number of fused-ring (bicyclic) bond motifs is 2. The summed E-state index contributed by atoms with van der Waals surface area (Å²) in [7, 11) is 0. The topological polar surface area (TPSA) is 53.9 Å². The molecule has 8 heteroatoms. The van der Waals surface area contributed by atoms with Crippen molar-refractivity contribution in [2.45, 2.75) is 24.5 Å². The van der Waals surface area contributed by atoms with E-state index in [1.54, 1.807) is 0 Å². The lowest BCUT2D eigenvalue weighted by atomic mass is 10.0. The highest BCUT2D eigenvalue weighted by molar-refractivity contribution is 7.99. The molecule has 0 bridgehead atoms. The molecule has 4 rings (SSSR count). The molecule has 0 spiro atoms. The summed E-state index contributed by atoms with van der Waals surface area (Å²) in [6.07, 6.45) is 0.740. The van der Waals surface area contributed by atoms with Crippen LogP contribution in [0.25, 0.3) is 16.5 Å². The van der Waals surface area contributed by atoms with E-state index in [1.807, 2.05) is 6.92 Å². The number of anilines is 1. The molecular formula is C16H17ClFN5S. The lowest BCUT2D eigenvalue weighted by molar-refractivity contribution is 0.480. The summed E-state index contributed by atoms with van der Waals surface area (Å²) in [6, 6.07) is 0.222. The molecular weight excluding hydrogens is 349 g/mol. The van der Waals surface area contributed by atoms with Crippen molar-refractivity contribution >= 4 is 45.7 Å². The van der Waals surface area contributed by atoms with Crippen LogP contribution in [0.15, 0.2) is 11.7 Å². The Hall–Kier alpha value is -1.44.